The van der Waals surface area contributed by atoms with Crippen LogP contribution in [0.25, 0.3) is 10.9 Å². The van der Waals surface area contributed by atoms with Gasteiger partial charge in [0.05, 0.1) is 16.9 Å². The molecule has 3 rings (SSSR count). The van der Waals surface area contributed by atoms with E-state index in [2.05, 4.69) is 31.0 Å². The second-order valence-electron chi connectivity index (χ2n) is 8.12. The van der Waals surface area contributed by atoms with Gasteiger partial charge in [-0.05, 0) is 58.4 Å². The molecule has 0 amide bonds. The van der Waals surface area contributed by atoms with Crippen LogP contribution in [0.3, 0.4) is 0 Å². The molecule has 5 nitrogen and oxygen atoms in total. The first-order valence-electron chi connectivity index (χ1n) is 10.1. The van der Waals surface area contributed by atoms with Crippen LogP contribution in [0.1, 0.15) is 58.8 Å². The summed E-state index contributed by atoms with van der Waals surface area (Å²) in [6, 6.07) is 4.38. The molecule has 1 N–H and O–H groups in total. The Bertz CT molecular complexity index is 861. The van der Waals surface area contributed by atoms with Crippen LogP contribution >= 0.6 is 0 Å². The van der Waals surface area contributed by atoms with E-state index in [1.807, 2.05) is 6.92 Å². The van der Waals surface area contributed by atoms with Crippen molar-refractivity contribution < 1.29 is 4.39 Å². The third-order valence-corrected chi connectivity index (χ3v) is 5.39. The van der Waals surface area contributed by atoms with Crippen molar-refractivity contribution in [2.24, 2.45) is 0 Å². The van der Waals surface area contributed by atoms with Gasteiger partial charge < -0.3 is 5.32 Å². The van der Waals surface area contributed by atoms with Crippen molar-refractivity contribution in [3.63, 3.8) is 0 Å². The van der Waals surface area contributed by atoms with Crippen molar-refractivity contribution in [2.75, 3.05) is 19.6 Å². The first-order chi connectivity index (χ1) is 12.9. The molecule has 0 aliphatic carbocycles. The molecule has 1 aliphatic rings. The van der Waals surface area contributed by atoms with Gasteiger partial charge in [-0.1, -0.05) is 13.3 Å². The fourth-order valence-electron chi connectivity index (χ4n) is 4.14. The normalized spacial score (nSPS) is 19.1. The highest BCUT2D eigenvalue weighted by molar-refractivity contribution is 5.77. The minimum absolute atomic E-state index is 0.0137. The Balaban J connectivity index is 2.13. The highest BCUT2D eigenvalue weighted by Crippen LogP contribution is 2.28. The minimum Gasteiger partial charge on any atom is -0.310 e. The smallest absolute Gasteiger partial charge is 0.261 e. The van der Waals surface area contributed by atoms with Gasteiger partial charge in [-0.25, -0.2) is 9.37 Å². The SMILES string of the molecule is CCCC(c1nc2ccc(F)cc2c(=O)n1CC)N1CCCNC(C)(C)C1. The zero-order valence-electron chi connectivity index (χ0n) is 16.9. The van der Waals surface area contributed by atoms with Crippen LogP contribution in [0.5, 0.6) is 0 Å². The molecule has 2 aromatic rings. The Kier molecular flexibility index (Phi) is 5.96. The number of nitrogens with one attached hydrogen (secondary N) is 1. The van der Waals surface area contributed by atoms with Gasteiger partial charge in [0.25, 0.3) is 5.56 Å². The van der Waals surface area contributed by atoms with Gasteiger partial charge in [-0.2, -0.15) is 0 Å². The predicted octanol–water partition coefficient (Wildman–Crippen LogP) is 3.47. The average molecular weight is 375 g/mol. The summed E-state index contributed by atoms with van der Waals surface area (Å²) in [5, 5.41) is 3.96. The van der Waals surface area contributed by atoms with E-state index in [4.69, 9.17) is 4.98 Å². The van der Waals surface area contributed by atoms with Crippen LogP contribution in [0.2, 0.25) is 0 Å². The summed E-state index contributed by atoms with van der Waals surface area (Å²) in [5.41, 5.74) is 0.444. The molecule has 1 aliphatic heterocycles. The first-order valence-corrected chi connectivity index (χ1v) is 10.1. The van der Waals surface area contributed by atoms with E-state index < -0.39 is 5.82 Å². The van der Waals surface area contributed by atoms with E-state index in [9.17, 15) is 9.18 Å². The largest absolute Gasteiger partial charge is 0.310 e. The first kappa shape index (κ1) is 20.0. The van der Waals surface area contributed by atoms with Crippen molar-refractivity contribution in [3.05, 3.63) is 40.2 Å². The van der Waals surface area contributed by atoms with Gasteiger partial charge in [0, 0.05) is 25.2 Å². The van der Waals surface area contributed by atoms with E-state index in [-0.39, 0.29) is 17.1 Å². The summed E-state index contributed by atoms with van der Waals surface area (Å²) in [6.45, 7) is 12.0. The molecule has 6 heteroatoms. The minimum atomic E-state index is -0.401. The van der Waals surface area contributed by atoms with Crippen LogP contribution in [0.15, 0.2) is 23.0 Å². The lowest BCUT2D eigenvalue weighted by atomic mass is 10.0. The lowest BCUT2D eigenvalue weighted by molar-refractivity contribution is 0.150. The van der Waals surface area contributed by atoms with Crippen molar-refractivity contribution in [3.8, 4) is 0 Å². The number of benzene rings is 1. The third kappa shape index (κ3) is 4.22. The van der Waals surface area contributed by atoms with Crippen LogP contribution in [-0.4, -0.2) is 39.6 Å². The maximum Gasteiger partial charge on any atom is 0.261 e. The molecule has 1 aromatic carbocycles. The summed E-state index contributed by atoms with van der Waals surface area (Å²) >= 11 is 0. The molecule has 0 spiro atoms. The second-order valence-corrected chi connectivity index (χ2v) is 8.12. The van der Waals surface area contributed by atoms with Gasteiger partial charge in [-0.3, -0.25) is 14.3 Å². The van der Waals surface area contributed by atoms with E-state index in [0.29, 0.717) is 17.4 Å². The maximum absolute atomic E-state index is 13.7. The van der Waals surface area contributed by atoms with Gasteiger partial charge in [-0.15, -0.1) is 0 Å². The number of aromatic nitrogens is 2. The highest BCUT2D eigenvalue weighted by atomic mass is 19.1. The molecule has 27 heavy (non-hydrogen) atoms. The van der Waals surface area contributed by atoms with Crippen LogP contribution in [0, 0.1) is 5.82 Å². The Hall–Kier alpha value is -1.79. The molecule has 2 heterocycles. The summed E-state index contributed by atoms with van der Waals surface area (Å²) in [7, 11) is 0. The fraction of sp³-hybridized carbons (Fsp3) is 0.619. The topological polar surface area (TPSA) is 50.2 Å². The quantitative estimate of drug-likeness (QED) is 0.871. The maximum atomic E-state index is 13.7. The van der Waals surface area contributed by atoms with Crippen molar-refractivity contribution in [1.82, 2.24) is 19.8 Å². The average Bonchev–Trinajstić information content (AvgIpc) is 2.80. The summed E-state index contributed by atoms with van der Waals surface area (Å²) in [4.78, 5) is 20.4. The van der Waals surface area contributed by atoms with E-state index in [0.717, 1.165) is 44.7 Å². The molecular formula is C21H31FN4O. The molecule has 1 unspecified atom stereocenters. The van der Waals surface area contributed by atoms with Gasteiger partial charge >= 0.3 is 0 Å². The molecule has 1 fully saturated rings. The Labute approximate surface area is 160 Å². The van der Waals surface area contributed by atoms with Gasteiger partial charge in [0.2, 0.25) is 0 Å². The molecule has 148 valence electrons. The Morgan fingerprint density at radius 3 is 2.81 bits per heavy atom. The van der Waals surface area contributed by atoms with Crippen LogP contribution < -0.4 is 10.9 Å². The third-order valence-electron chi connectivity index (χ3n) is 5.39. The standard InChI is InChI=1S/C21H31FN4O/c1-5-8-18(25-12-7-11-23-21(3,4)14-25)19-24-17-10-9-15(22)13-16(17)20(27)26(19)6-2/h9-10,13,18,23H,5-8,11-12,14H2,1-4H3. The van der Waals surface area contributed by atoms with Crippen LogP contribution in [-0.2, 0) is 6.54 Å². The van der Waals surface area contributed by atoms with Crippen LogP contribution in [0.4, 0.5) is 4.39 Å². The van der Waals surface area contributed by atoms with Crippen molar-refractivity contribution in [1.29, 1.82) is 0 Å². The lowest BCUT2D eigenvalue weighted by Gasteiger charge is -2.36. The fourth-order valence-corrected chi connectivity index (χ4v) is 4.14. The second kappa shape index (κ2) is 8.07. The number of hydrogen-bond donors (Lipinski definition) is 1. The summed E-state index contributed by atoms with van der Waals surface area (Å²) in [5.74, 6) is 0.406. The molecular weight excluding hydrogens is 343 g/mol. The van der Waals surface area contributed by atoms with Gasteiger partial charge in [0.15, 0.2) is 0 Å². The Morgan fingerprint density at radius 2 is 2.11 bits per heavy atom. The van der Waals surface area contributed by atoms with E-state index in [1.54, 1.807) is 10.6 Å². The monoisotopic (exact) mass is 374 g/mol. The molecule has 0 bridgehead atoms. The van der Waals surface area contributed by atoms with E-state index in [1.165, 1.54) is 12.1 Å². The van der Waals surface area contributed by atoms with Gasteiger partial charge in [0.1, 0.15) is 11.6 Å². The number of halogens is 1. The molecule has 1 aromatic heterocycles. The van der Waals surface area contributed by atoms with E-state index >= 15 is 0 Å². The number of hydrogen-bond acceptors (Lipinski definition) is 4. The zero-order chi connectivity index (χ0) is 19.6. The Morgan fingerprint density at radius 1 is 1.33 bits per heavy atom. The summed E-state index contributed by atoms with van der Waals surface area (Å²) in [6.07, 6.45) is 3.02. The van der Waals surface area contributed by atoms with Crippen molar-refractivity contribution >= 4 is 10.9 Å². The molecule has 0 saturated carbocycles. The molecule has 1 saturated heterocycles. The highest BCUT2D eigenvalue weighted by Gasteiger charge is 2.31. The molecule has 1 atom stereocenters. The lowest BCUT2D eigenvalue weighted by Crippen LogP contribution is -2.48. The number of nitrogens with zero attached hydrogens (tertiary/aromatic N) is 3. The number of fused-ring (bicyclic) bond motifs is 1. The number of rotatable bonds is 5. The molecule has 0 radical (unpaired) electrons. The summed E-state index contributed by atoms with van der Waals surface area (Å²) < 4.78 is 15.4. The van der Waals surface area contributed by atoms with Crippen molar-refractivity contribution in [2.45, 2.75) is 65.1 Å². The zero-order valence-corrected chi connectivity index (χ0v) is 16.9. The predicted molar refractivity (Wildman–Crippen MR) is 108 cm³/mol.